The molecule has 2 nitrogen and oxygen atoms in total. The Morgan fingerprint density at radius 2 is 1.95 bits per heavy atom. The third-order valence-corrected chi connectivity index (χ3v) is 3.64. The Balaban J connectivity index is 2.17. The molecule has 0 aliphatic rings. The van der Waals surface area contributed by atoms with Crippen molar-refractivity contribution in [3.05, 3.63) is 57.8 Å². The van der Waals surface area contributed by atoms with E-state index < -0.39 is 0 Å². The van der Waals surface area contributed by atoms with Gasteiger partial charge >= 0.3 is 0 Å². The molecule has 0 aliphatic heterocycles. The number of hydrogen-bond donors (Lipinski definition) is 2. The smallest absolute Gasteiger partial charge is 0.137 e. The van der Waals surface area contributed by atoms with Crippen molar-refractivity contribution in [1.29, 1.82) is 0 Å². The first kappa shape index (κ1) is 13.9. The van der Waals surface area contributed by atoms with E-state index >= 15 is 0 Å². The maximum absolute atomic E-state index is 13.2. The molecule has 1 atom stereocenters. The lowest BCUT2D eigenvalue weighted by molar-refractivity contribution is 0.471. The summed E-state index contributed by atoms with van der Waals surface area (Å²) in [5, 5.41) is 12.9. The maximum Gasteiger partial charge on any atom is 0.137 e. The summed E-state index contributed by atoms with van der Waals surface area (Å²) in [6.07, 6.45) is 0. The first-order valence-corrected chi connectivity index (χ1v) is 6.78. The molecule has 0 amide bonds. The summed E-state index contributed by atoms with van der Waals surface area (Å²) < 4.78 is 13.6. The second kappa shape index (κ2) is 5.61. The average Bonchev–Trinajstić information content (AvgIpc) is 2.37. The molecule has 100 valence electrons. The first-order valence-electron chi connectivity index (χ1n) is 5.98. The van der Waals surface area contributed by atoms with Gasteiger partial charge in [-0.1, -0.05) is 12.1 Å². The molecule has 2 aromatic carbocycles. The van der Waals surface area contributed by atoms with Crippen LogP contribution in [0.4, 0.5) is 10.1 Å². The first-order chi connectivity index (χ1) is 8.97. The van der Waals surface area contributed by atoms with E-state index in [0.29, 0.717) is 4.47 Å². The van der Waals surface area contributed by atoms with Crippen molar-refractivity contribution in [1.82, 2.24) is 0 Å². The summed E-state index contributed by atoms with van der Waals surface area (Å²) in [6.45, 7) is 3.83. The minimum absolute atomic E-state index is 0.0130. The fraction of sp³-hybridized carbons (Fsp3) is 0.200. The van der Waals surface area contributed by atoms with Crippen molar-refractivity contribution in [2.75, 3.05) is 5.32 Å². The highest BCUT2D eigenvalue weighted by Gasteiger charge is 2.08. The molecule has 0 fully saturated rings. The summed E-state index contributed by atoms with van der Waals surface area (Å²) in [4.78, 5) is 0. The van der Waals surface area contributed by atoms with Gasteiger partial charge in [0.25, 0.3) is 0 Å². The maximum atomic E-state index is 13.2. The molecule has 19 heavy (non-hydrogen) atoms. The van der Waals surface area contributed by atoms with E-state index in [4.69, 9.17) is 0 Å². The number of anilines is 1. The van der Waals surface area contributed by atoms with E-state index in [1.54, 1.807) is 18.2 Å². The zero-order valence-corrected chi connectivity index (χ0v) is 12.3. The van der Waals surface area contributed by atoms with Crippen LogP contribution in [0.3, 0.4) is 0 Å². The lowest BCUT2D eigenvalue weighted by Crippen LogP contribution is -2.06. The highest BCUT2D eigenvalue weighted by atomic mass is 79.9. The van der Waals surface area contributed by atoms with Gasteiger partial charge in [0.1, 0.15) is 11.6 Å². The van der Waals surface area contributed by atoms with Crippen LogP contribution in [0.2, 0.25) is 0 Å². The standard InChI is InChI=1S/C15H15BrFNO/c1-9-3-5-12(8-15(9)19)18-10(2)11-4-6-14(17)13(16)7-11/h3-8,10,18-19H,1-2H3. The van der Waals surface area contributed by atoms with Gasteiger partial charge in [-0.05, 0) is 59.1 Å². The van der Waals surface area contributed by atoms with E-state index in [2.05, 4.69) is 21.2 Å². The van der Waals surface area contributed by atoms with Crippen molar-refractivity contribution >= 4 is 21.6 Å². The van der Waals surface area contributed by atoms with Crippen molar-refractivity contribution in [3.8, 4) is 5.75 Å². The Morgan fingerprint density at radius 3 is 2.58 bits per heavy atom. The van der Waals surface area contributed by atoms with Crippen LogP contribution in [0, 0.1) is 12.7 Å². The number of aryl methyl sites for hydroxylation is 1. The summed E-state index contributed by atoms with van der Waals surface area (Å²) in [7, 11) is 0. The van der Waals surface area contributed by atoms with Crippen LogP contribution in [0.1, 0.15) is 24.1 Å². The number of nitrogens with one attached hydrogen (secondary N) is 1. The number of phenols is 1. The van der Waals surface area contributed by atoms with E-state index in [0.717, 1.165) is 16.8 Å². The molecule has 0 aliphatic carbocycles. The number of aromatic hydroxyl groups is 1. The van der Waals surface area contributed by atoms with Crippen LogP contribution in [-0.2, 0) is 0 Å². The SMILES string of the molecule is Cc1ccc(NC(C)c2ccc(F)c(Br)c2)cc1O. The minimum atomic E-state index is -0.274. The zero-order chi connectivity index (χ0) is 14.0. The van der Waals surface area contributed by atoms with Crippen LogP contribution >= 0.6 is 15.9 Å². The molecular formula is C15H15BrFNO. The molecule has 0 heterocycles. The molecular weight excluding hydrogens is 309 g/mol. The summed E-state index contributed by atoms with van der Waals surface area (Å²) in [5.41, 5.74) is 2.63. The number of benzene rings is 2. The lowest BCUT2D eigenvalue weighted by atomic mass is 10.1. The lowest BCUT2D eigenvalue weighted by Gasteiger charge is -2.16. The normalized spacial score (nSPS) is 12.2. The molecule has 0 bridgehead atoms. The molecule has 2 aromatic rings. The highest BCUT2D eigenvalue weighted by molar-refractivity contribution is 9.10. The third kappa shape index (κ3) is 3.26. The van der Waals surface area contributed by atoms with E-state index in [1.807, 2.05) is 26.0 Å². The van der Waals surface area contributed by atoms with Crippen LogP contribution in [0.25, 0.3) is 0 Å². The Hall–Kier alpha value is -1.55. The third-order valence-electron chi connectivity index (χ3n) is 3.04. The molecule has 2 N–H and O–H groups in total. The van der Waals surface area contributed by atoms with Gasteiger partial charge in [-0.15, -0.1) is 0 Å². The molecule has 1 unspecified atom stereocenters. The van der Waals surface area contributed by atoms with Crippen LogP contribution in [0.15, 0.2) is 40.9 Å². The van der Waals surface area contributed by atoms with Gasteiger partial charge < -0.3 is 10.4 Å². The minimum Gasteiger partial charge on any atom is -0.508 e. The van der Waals surface area contributed by atoms with Crippen molar-refractivity contribution in [2.45, 2.75) is 19.9 Å². The Kier molecular flexibility index (Phi) is 4.10. The molecule has 0 saturated heterocycles. The number of rotatable bonds is 3. The number of halogens is 2. The number of hydrogen-bond acceptors (Lipinski definition) is 2. The quantitative estimate of drug-likeness (QED) is 0.852. The predicted molar refractivity (Wildman–Crippen MR) is 79.0 cm³/mol. The second-order valence-corrected chi connectivity index (χ2v) is 5.40. The highest BCUT2D eigenvalue weighted by Crippen LogP contribution is 2.26. The number of phenolic OH excluding ortho intramolecular Hbond substituents is 1. The summed E-state index contributed by atoms with van der Waals surface area (Å²) in [5.74, 6) is -0.0126. The summed E-state index contributed by atoms with van der Waals surface area (Å²) in [6, 6.07) is 10.4. The largest absolute Gasteiger partial charge is 0.508 e. The van der Waals surface area contributed by atoms with Gasteiger partial charge in [-0.2, -0.15) is 0 Å². The van der Waals surface area contributed by atoms with Crippen molar-refractivity contribution in [2.24, 2.45) is 0 Å². The second-order valence-electron chi connectivity index (χ2n) is 4.54. The van der Waals surface area contributed by atoms with Gasteiger partial charge in [0.2, 0.25) is 0 Å². The topological polar surface area (TPSA) is 32.3 Å². The molecule has 0 spiro atoms. The predicted octanol–water partition coefficient (Wildman–Crippen LogP) is 4.78. The van der Waals surface area contributed by atoms with Gasteiger partial charge in [-0.25, -0.2) is 4.39 Å². The Bertz CT molecular complexity index is 601. The fourth-order valence-electron chi connectivity index (χ4n) is 1.81. The van der Waals surface area contributed by atoms with Gasteiger partial charge in [-0.3, -0.25) is 0 Å². The Labute approximate surface area is 120 Å². The average molecular weight is 324 g/mol. The van der Waals surface area contributed by atoms with Gasteiger partial charge in [0, 0.05) is 17.8 Å². The van der Waals surface area contributed by atoms with Gasteiger partial charge in [0.15, 0.2) is 0 Å². The van der Waals surface area contributed by atoms with Gasteiger partial charge in [0.05, 0.1) is 4.47 Å². The summed E-state index contributed by atoms with van der Waals surface area (Å²) >= 11 is 3.18. The monoisotopic (exact) mass is 323 g/mol. The molecule has 0 radical (unpaired) electrons. The van der Waals surface area contributed by atoms with E-state index in [9.17, 15) is 9.50 Å². The van der Waals surface area contributed by atoms with Crippen LogP contribution < -0.4 is 5.32 Å². The van der Waals surface area contributed by atoms with Crippen molar-refractivity contribution in [3.63, 3.8) is 0 Å². The molecule has 2 rings (SSSR count). The molecule has 0 saturated carbocycles. The zero-order valence-electron chi connectivity index (χ0n) is 10.7. The Morgan fingerprint density at radius 1 is 1.21 bits per heavy atom. The fourth-order valence-corrected chi connectivity index (χ4v) is 2.21. The van der Waals surface area contributed by atoms with E-state index in [-0.39, 0.29) is 17.6 Å². The van der Waals surface area contributed by atoms with Crippen molar-refractivity contribution < 1.29 is 9.50 Å². The molecule has 4 heteroatoms. The van der Waals surface area contributed by atoms with Crippen LogP contribution in [0.5, 0.6) is 5.75 Å². The molecule has 0 aromatic heterocycles. The van der Waals surface area contributed by atoms with E-state index in [1.165, 1.54) is 6.07 Å². The van der Waals surface area contributed by atoms with Crippen LogP contribution in [-0.4, -0.2) is 5.11 Å².